The number of nitrogens with one attached hydrogen (secondary N) is 2. The van der Waals surface area contributed by atoms with E-state index in [9.17, 15) is 4.79 Å². The van der Waals surface area contributed by atoms with Gasteiger partial charge in [-0.15, -0.1) is 11.3 Å². The van der Waals surface area contributed by atoms with Crippen molar-refractivity contribution >= 4 is 45.0 Å². The van der Waals surface area contributed by atoms with Crippen LogP contribution in [0.1, 0.15) is 24.8 Å². The molecule has 25 heavy (non-hydrogen) atoms. The molecule has 1 aromatic carbocycles. The lowest BCUT2D eigenvalue weighted by Crippen LogP contribution is -2.49. The molecule has 2 N–H and O–H groups in total. The van der Waals surface area contributed by atoms with E-state index in [0.717, 1.165) is 47.1 Å². The van der Waals surface area contributed by atoms with Crippen LogP contribution in [0, 0.1) is 0 Å². The Labute approximate surface area is 156 Å². The van der Waals surface area contributed by atoms with Crippen LogP contribution in [0.25, 0.3) is 10.2 Å². The Morgan fingerprint density at radius 1 is 1.44 bits per heavy atom. The lowest BCUT2D eigenvalue weighted by atomic mass is 10.1. The quantitative estimate of drug-likeness (QED) is 0.635. The minimum Gasteiger partial charge on any atom is -0.354 e. The Kier molecular flexibility index (Phi) is 5.75. The molecule has 1 aliphatic heterocycles. The molecule has 0 saturated carbocycles. The van der Waals surface area contributed by atoms with Gasteiger partial charge in [-0.3, -0.25) is 9.79 Å². The zero-order chi connectivity index (χ0) is 17.8. The molecule has 0 bridgehead atoms. The summed E-state index contributed by atoms with van der Waals surface area (Å²) in [5, 5.41) is 8.44. The summed E-state index contributed by atoms with van der Waals surface area (Å²) in [6.45, 7) is 3.83. The molecule has 1 fully saturated rings. The van der Waals surface area contributed by atoms with Crippen molar-refractivity contribution in [1.29, 1.82) is 0 Å². The molecule has 1 aromatic heterocycles. The van der Waals surface area contributed by atoms with Crippen LogP contribution in [0.3, 0.4) is 0 Å². The zero-order valence-corrected chi connectivity index (χ0v) is 16.0. The molecule has 0 unspecified atom stereocenters. The fraction of sp³-hybridized carbons (Fsp3) is 0.471. The van der Waals surface area contributed by atoms with Gasteiger partial charge in [0.2, 0.25) is 5.91 Å². The number of piperidine rings is 1. The number of halogens is 1. The summed E-state index contributed by atoms with van der Waals surface area (Å²) in [4.78, 5) is 22.2. The molecule has 1 saturated heterocycles. The molecule has 2 aromatic rings. The maximum absolute atomic E-state index is 11.4. The van der Waals surface area contributed by atoms with Gasteiger partial charge in [0.05, 0.1) is 16.8 Å². The van der Waals surface area contributed by atoms with Gasteiger partial charge in [-0.05, 0) is 31.0 Å². The number of aliphatic imine (C=N–C) groups is 1. The summed E-state index contributed by atoms with van der Waals surface area (Å²) in [6, 6.07) is 6.09. The largest absolute Gasteiger partial charge is 0.354 e. The fourth-order valence-corrected chi connectivity index (χ4v) is 3.96. The molecule has 8 heteroatoms. The van der Waals surface area contributed by atoms with Gasteiger partial charge < -0.3 is 15.5 Å². The number of nitrogens with zero attached hydrogens (tertiary/aromatic N) is 3. The third-order valence-electron chi connectivity index (χ3n) is 4.31. The fourth-order valence-electron chi connectivity index (χ4n) is 2.91. The predicted octanol–water partition coefficient (Wildman–Crippen LogP) is 2.63. The minimum absolute atomic E-state index is 0.150. The number of hydrogen-bond acceptors (Lipinski definition) is 4. The Morgan fingerprint density at radius 3 is 2.88 bits per heavy atom. The number of aromatic nitrogens is 1. The van der Waals surface area contributed by atoms with Gasteiger partial charge in [0.25, 0.3) is 0 Å². The van der Waals surface area contributed by atoms with Crippen LogP contribution in [-0.4, -0.2) is 47.9 Å². The second-order valence-corrected chi connectivity index (χ2v) is 7.62. The molecule has 0 spiro atoms. The molecule has 0 radical (unpaired) electrons. The topological polar surface area (TPSA) is 69.6 Å². The van der Waals surface area contributed by atoms with Gasteiger partial charge in [-0.1, -0.05) is 11.6 Å². The van der Waals surface area contributed by atoms with E-state index < -0.39 is 0 Å². The highest BCUT2D eigenvalue weighted by molar-refractivity contribution is 7.18. The smallest absolute Gasteiger partial charge is 0.219 e. The first-order valence-corrected chi connectivity index (χ1v) is 9.52. The number of thiazole rings is 1. The van der Waals surface area contributed by atoms with Crippen molar-refractivity contribution in [1.82, 2.24) is 20.5 Å². The van der Waals surface area contributed by atoms with Crippen molar-refractivity contribution in [3.8, 4) is 0 Å². The number of carbonyl (C=O) groups excluding carboxylic acids is 1. The van der Waals surface area contributed by atoms with E-state index in [1.165, 1.54) is 0 Å². The molecular weight excluding hydrogens is 358 g/mol. The second kappa shape index (κ2) is 8.01. The Morgan fingerprint density at radius 2 is 2.20 bits per heavy atom. The van der Waals surface area contributed by atoms with E-state index in [1.54, 1.807) is 25.3 Å². The molecule has 3 rings (SSSR count). The van der Waals surface area contributed by atoms with Crippen LogP contribution in [0.4, 0.5) is 0 Å². The van der Waals surface area contributed by atoms with Crippen molar-refractivity contribution in [3.63, 3.8) is 0 Å². The van der Waals surface area contributed by atoms with E-state index in [1.807, 2.05) is 23.1 Å². The highest BCUT2D eigenvalue weighted by atomic mass is 35.5. The second-order valence-electron chi connectivity index (χ2n) is 6.07. The Balaban J connectivity index is 1.53. The highest BCUT2D eigenvalue weighted by Gasteiger charge is 2.21. The zero-order valence-electron chi connectivity index (χ0n) is 14.4. The molecule has 2 heterocycles. The maximum atomic E-state index is 11.4. The predicted molar refractivity (Wildman–Crippen MR) is 103 cm³/mol. The third kappa shape index (κ3) is 4.61. The first-order chi connectivity index (χ1) is 12.0. The van der Waals surface area contributed by atoms with Crippen LogP contribution in [-0.2, 0) is 11.3 Å². The number of likely N-dealkylation sites (tertiary alicyclic amines) is 1. The minimum atomic E-state index is 0.150. The molecular formula is C17H22ClN5OS. The number of guanidine groups is 1. The first kappa shape index (κ1) is 17.9. The molecule has 1 amide bonds. The molecule has 0 atom stereocenters. The van der Waals surface area contributed by atoms with Crippen LogP contribution in [0.5, 0.6) is 0 Å². The van der Waals surface area contributed by atoms with Crippen LogP contribution < -0.4 is 10.6 Å². The average Bonchev–Trinajstić information content (AvgIpc) is 3.00. The number of carbonyl (C=O) groups is 1. The number of rotatable bonds is 3. The van der Waals surface area contributed by atoms with Crippen molar-refractivity contribution in [2.75, 3.05) is 20.1 Å². The van der Waals surface area contributed by atoms with Crippen LogP contribution in [0.2, 0.25) is 5.02 Å². The van der Waals surface area contributed by atoms with E-state index in [2.05, 4.69) is 20.6 Å². The van der Waals surface area contributed by atoms with Gasteiger partial charge >= 0.3 is 0 Å². The number of hydrogen-bond donors (Lipinski definition) is 2. The average molecular weight is 380 g/mol. The number of fused-ring (bicyclic) bond motifs is 1. The molecule has 0 aliphatic carbocycles. The van der Waals surface area contributed by atoms with Crippen molar-refractivity contribution in [2.24, 2.45) is 4.99 Å². The summed E-state index contributed by atoms with van der Waals surface area (Å²) in [5.74, 6) is 0.912. The van der Waals surface area contributed by atoms with E-state index in [0.29, 0.717) is 17.6 Å². The highest BCUT2D eigenvalue weighted by Crippen LogP contribution is 2.24. The van der Waals surface area contributed by atoms with Crippen molar-refractivity contribution < 1.29 is 4.79 Å². The van der Waals surface area contributed by atoms with E-state index in [4.69, 9.17) is 11.6 Å². The molecule has 1 aliphatic rings. The SMILES string of the molecule is CN=C(NCc1nc2cc(Cl)ccc2s1)NC1CCN(C(C)=O)CC1. The standard InChI is InChI=1S/C17H22ClN5OS/c1-11(24)23-7-5-13(6-8-23)21-17(19-2)20-10-16-22-14-9-12(18)3-4-15(14)25-16/h3-4,9,13H,5-8,10H2,1-2H3,(H2,19,20,21). The summed E-state index contributed by atoms with van der Waals surface area (Å²) in [7, 11) is 1.76. The summed E-state index contributed by atoms with van der Waals surface area (Å²) >= 11 is 7.66. The summed E-state index contributed by atoms with van der Waals surface area (Å²) in [5.41, 5.74) is 0.925. The van der Waals surface area contributed by atoms with Gasteiger partial charge in [0, 0.05) is 38.1 Å². The maximum Gasteiger partial charge on any atom is 0.219 e. The van der Waals surface area contributed by atoms with Crippen molar-refractivity contribution in [2.45, 2.75) is 32.4 Å². The van der Waals surface area contributed by atoms with Crippen LogP contribution in [0.15, 0.2) is 23.2 Å². The number of amides is 1. The lowest BCUT2D eigenvalue weighted by Gasteiger charge is -2.32. The normalized spacial score (nSPS) is 16.3. The molecule has 6 nitrogen and oxygen atoms in total. The van der Waals surface area contributed by atoms with Crippen molar-refractivity contribution in [3.05, 3.63) is 28.2 Å². The Bertz CT molecular complexity index is 782. The lowest BCUT2D eigenvalue weighted by molar-refractivity contribution is -0.129. The third-order valence-corrected chi connectivity index (χ3v) is 5.58. The van der Waals surface area contributed by atoms with Crippen LogP contribution >= 0.6 is 22.9 Å². The van der Waals surface area contributed by atoms with Gasteiger partial charge in [0.1, 0.15) is 5.01 Å². The van der Waals surface area contributed by atoms with Gasteiger partial charge in [-0.25, -0.2) is 4.98 Å². The van der Waals surface area contributed by atoms with Gasteiger partial charge in [0.15, 0.2) is 5.96 Å². The summed E-state index contributed by atoms with van der Waals surface area (Å²) < 4.78 is 1.13. The van der Waals surface area contributed by atoms with E-state index >= 15 is 0 Å². The van der Waals surface area contributed by atoms with Gasteiger partial charge in [-0.2, -0.15) is 0 Å². The first-order valence-electron chi connectivity index (χ1n) is 8.33. The molecule has 134 valence electrons. The Hall–Kier alpha value is -1.86. The monoisotopic (exact) mass is 379 g/mol. The summed E-state index contributed by atoms with van der Waals surface area (Å²) in [6.07, 6.45) is 1.86. The van der Waals surface area contributed by atoms with E-state index in [-0.39, 0.29) is 5.91 Å². The number of benzene rings is 1.